The topological polar surface area (TPSA) is 75.8 Å². The van der Waals surface area contributed by atoms with Crippen LogP contribution in [0.2, 0.25) is 0 Å². The van der Waals surface area contributed by atoms with Crippen molar-refractivity contribution < 1.29 is 26.0 Å². The summed E-state index contributed by atoms with van der Waals surface area (Å²) in [5.74, 6) is -1.63. The molecule has 1 fully saturated rings. The Balaban J connectivity index is 1.72. The van der Waals surface area contributed by atoms with E-state index >= 15 is 0 Å². The first-order valence-electron chi connectivity index (χ1n) is 13.8. The molecule has 0 saturated heterocycles. The summed E-state index contributed by atoms with van der Waals surface area (Å²) in [5, 5.41) is 8.76. The van der Waals surface area contributed by atoms with Crippen molar-refractivity contribution in [1.82, 2.24) is 9.55 Å². The average Bonchev–Trinajstić information content (AvgIpc) is 3.22. The molecule has 218 valence electrons. The first-order valence-corrected chi connectivity index (χ1v) is 15.5. The summed E-state index contributed by atoms with van der Waals surface area (Å²) in [4.78, 5) is 4.42. The number of fused-ring (bicyclic) bond motifs is 1. The van der Waals surface area contributed by atoms with E-state index < -0.39 is 33.1 Å². The van der Waals surface area contributed by atoms with Crippen LogP contribution in [0.5, 0.6) is 0 Å². The molecule has 1 N–H and O–H groups in total. The highest BCUT2D eigenvalue weighted by Gasteiger charge is 2.51. The predicted octanol–water partition coefficient (Wildman–Crippen LogP) is 8.43. The summed E-state index contributed by atoms with van der Waals surface area (Å²) in [7, 11) is -3.88. The Morgan fingerprint density at radius 3 is 2.38 bits per heavy atom. The standard InChI is InChI=1S/C30H37F4N3O2S/c1-5-20(29(3,4)30(32,33)34)13-14-40(38,39)22-11-12-26(36-18-22)28-24(17-35)23-16-25(31)19(2)15-27(23)37(28)21-9-7-6-8-10-21/h11-12,15-18,20-21,35H,5-10,13-14H2,1-4H3. The molecule has 1 aliphatic carbocycles. The molecule has 1 saturated carbocycles. The van der Waals surface area contributed by atoms with E-state index in [9.17, 15) is 26.0 Å². The number of hydrogen-bond donors (Lipinski definition) is 1. The van der Waals surface area contributed by atoms with Crippen LogP contribution in [-0.4, -0.2) is 36.1 Å². The lowest BCUT2D eigenvalue weighted by atomic mass is 9.75. The number of aryl methyl sites for hydroxylation is 1. The Bertz CT molecular complexity index is 1490. The molecule has 3 aromatic rings. The van der Waals surface area contributed by atoms with Gasteiger partial charge < -0.3 is 9.98 Å². The number of nitrogens with zero attached hydrogens (tertiary/aromatic N) is 2. The molecular weight excluding hydrogens is 542 g/mol. The van der Waals surface area contributed by atoms with Gasteiger partial charge in [-0.1, -0.05) is 46.5 Å². The molecule has 0 spiro atoms. The summed E-state index contributed by atoms with van der Waals surface area (Å²) in [6.45, 7) is 5.57. The summed E-state index contributed by atoms with van der Waals surface area (Å²) < 4.78 is 83.7. The Kier molecular flexibility index (Phi) is 8.50. The number of halogens is 4. The highest BCUT2D eigenvalue weighted by Crippen LogP contribution is 2.46. The first kappa shape index (κ1) is 30.2. The zero-order valence-electron chi connectivity index (χ0n) is 23.4. The largest absolute Gasteiger partial charge is 0.394 e. The van der Waals surface area contributed by atoms with E-state index in [0.717, 1.165) is 51.5 Å². The van der Waals surface area contributed by atoms with Crippen molar-refractivity contribution in [3.8, 4) is 11.4 Å². The van der Waals surface area contributed by atoms with Gasteiger partial charge in [-0.2, -0.15) is 13.2 Å². The fourth-order valence-corrected chi connectivity index (χ4v) is 7.33. The summed E-state index contributed by atoms with van der Waals surface area (Å²) in [5.41, 5.74) is 0.926. The van der Waals surface area contributed by atoms with E-state index in [1.165, 1.54) is 24.5 Å². The molecule has 2 aromatic heterocycles. The Labute approximate surface area is 233 Å². The van der Waals surface area contributed by atoms with Crippen LogP contribution in [0, 0.1) is 29.5 Å². The Morgan fingerprint density at radius 2 is 1.82 bits per heavy atom. The van der Waals surface area contributed by atoms with Gasteiger partial charge >= 0.3 is 6.18 Å². The molecule has 1 aromatic carbocycles. The van der Waals surface area contributed by atoms with Crippen molar-refractivity contribution in [2.45, 2.75) is 89.8 Å². The zero-order chi connectivity index (χ0) is 29.5. The van der Waals surface area contributed by atoms with Gasteiger partial charge in [-0.05, 0) is 61.9 Å². The number of benzene rings is 1. The monoisotopic (exact) mass is 579 g/mol. The van der Waals surface area contributed by atoms with Crippen molar-refractivity contribution >= 4 is 27.0 Å². The molecule has 0 bridgehead atoms. The van der Waals surface area contributed by atoms with Crippen LogP contribution in [0.3, 0.4) is 0 Å². The lowest BCUT2D eigenvalue weighted by Gasteiger charge is -2.35. The minimum atomic E-state index is -4.44. The second-order valence-electron chi connectivity index (χ2n) is 11.5. The molecule has 10 heteroatoms. The molecule has 2 heterocycles. The smallest absolute Gasteiger partial charge is 0.336 e. The normalized spacial score (nSPS) is 16.4. The third-order valence-corrected chi connectivity index (χ3v) is 10.5. The van der Waals surface area contributed by atoms with Gasteiger partial charge in [0.2, 0.25) is 0 Å². The van der Waals surface area contributed by atoms with E-state index in [0.29, 0.717) is 27.9 Å². The molecule has 5 nitrogen and oxygen atoms in total. The van der Waals surface area contributed by atoms with Gasteiger partial charge in [-0.15, -0.1) is 0 Å². The van der Waals surface area contributed by atoms with Crippen molar-refractivity contribution in [3.63, 3.8) is 0 Å². The Morgan fingerprint density at radius 1 is 1.15 bits per heavy atom. The van der Waals surface area contributed by atoms with Gasteiger partial charge in [0.15, 0.2) is 9.84 Å². The van der Waals surface area contributed by atoms with E-state index in [4.69, 9.17) is 5.41 Å². The van der Waals surface area contributed by atoms with Crippen LogP contribution in [-0.2, 0) is 9.84 Å². The maximum absolute atomic E-state index is 14.6. The van der Waals surface area contributed by atoms with Gasteiger partial charge in [0.1, 0.15) is 5.82 Å². The predicted molar refractivity (Wildman–Crippen MR) is 150 cm³/mol. The van der Waals surface area contributed by atoms with Gasteiger partial charge in [-0.3, -0.25) is 4.98 Å². The highest BCUT2D eigenvalue weighted by atomic mass is 32.2. The van der Waals surface area contributed by atoms with Crippen LogP contribution < -0.4 is 0 Å². The molecule has 40 heavy (non-hydrogen) atoms. The number of pyridine rings is 1. The van der Waals surface area contributed by atoms with Crippen LogP contribution in [0.25, 0.3) is 22.3 Å². The fourth-order valence-electron chi connectivity index (χ4n) is 6.01. The highest BCUT2D eigenvalue weighted by molar-refractivity contribution is 7.91. The van der Waals surface area contributed by atoms with Crippen LogP contribution in [0.15, 0.2) is 35.4 Å². The molecule has 1 unspecified atom stereocenters. The second kappa shape index (κ2) is 11.3. The number of aromatic nitrogens is 2. The molecular formula is C30H37F4N3O2S. The number of nitrogens with one attached hydrogen (secondary N) is 1. The molecule has 1 atom stereocenters. The minimum Gasteiger partial charge on any atom is -0.336 e. The first-order chi connectivity index (χ1) is 18.7. The number of hydrogen-bond acceptors (Lipinski definition) is 4. The quantitative estimate of drug-likeness (QED) is 0.204. The molecule has 4 rings (SSSR count). The van der Waals surface area contributed by atoms with Gasteiger partial charge in [0.25, 0.3) is 0 Å². The fraction of sp³-hybridized carbons (Fsp3) is 0.533. The number of alkyl halides is 3. The summed E-state index contributed by atoms with van der Waals surface area (Å²) >= 11 is 0. The van der Waals surface area contributed by atoms with Crippen molar-refractivity contribution in [1.29, 1.82) is 5.41 Å². The second-order valence-corrected chi connectivity index (χ2v) is 13.6. The molecule has 0 aliphatic heterocycles. The SMILES string of the molecule is CCC(CCS(=O)(=O)c1ccc(-c2c(C=N)c3cc(F)c(C)cc3n2C2CCCCC2)nc1)C(C)(C)C(F)(F)F. The van der Waals surface area contributed by atoms with Crippen molar-refractivity contribution in [2.24, 2.45) is 11.3 Å². The van der Waals surface area contributed by atoms with E-state index in [-0.39, 0.29) is 29.6 Å². The van der Waals surface area contributed by atoms with Crippen molar-refractivity contribution in [2.75, 3.05) is 5.75 Å². The summed E-state index contributed by atoms with van der Waals surface area (Å²) in [6.07, 6.45) is 3.19. The lowest BCUT2D eigenvalue weighted by molar-refractivity contribution is -0.230. The van der Waals surface area contributed by atoms with Gasteiger partial charge in [-0.25, -0.2) is 12.8 Å². The van der Waals surface area contributed by atoms with E-state index in [1.54, 1.807) is 26.0 Å². The molecule has 0 radical (unpaired) electrons. The summed E-state index contributed by atoms with van der Waals surface area (Å²) in [6, 6.07) is 6.38. The number of sulfone groups is 1. The van der Waals surface area contributed by atoms with Crippen LogP contribution in [0.4, 0.5) is 17.6 Å². The van der Waals surface area contributed by atoms with Gasteiger partial charge in [0.05, 0.1) is 27.5 Å². The number of rotatable bonds is 9. The third kappa shape index (κ3) is 5.56. The van der Waals surface area contributed by atoms with Gasteiger partial charge in [0, 0.05) is 34.9 Å². The van der Waals surface area contributed by atoms with E-state index in [2.05, 4.69) is 9.55 Å². The minimum absolute atomic E-state index is 0.0606. The van der Waals surface area contributed by atoms with Crippen LogP contribution in [0.1, 0.15) is 82.9 Å². The molecule has 1 aliphatic rings. The Hall–Kier alpha value is -2.75. The average molecular weight is 580 g/mol. The maximum atomic E-state index is 14.6. The van der Waals surface area contributed by atoms with Crippen LogP contribution >= 0.6 is 0 Å². The van der Waals surface area contributed by atoms with Crippen molar-refractivity contribution in [3.05, 3.63) is 47.4 Å². The van der Waals surface area contributed by atoms with E-state index in [1.807, 2.05) is 0 Å². The molecule has 0 amide bonds. The maximum Gasteiger partial charge on any atom is 0.394 e. The third-order valence-electron chi connectivity index (χ3n) is 8.72. The lowest BCUT2D eigenvalue weighted by Crippen LogP contribution is -2.39. The zero-order valence-corrected chi connectivity index (χ0v) is 24.2.